The first-order valence-corrected chi connectivity index (χ1v) is 6.00. The zero-order valence-corrected chi connectivity index (χ0v) is 10.8. The highest BCUT2D eigenvalue weighted by Gasteiger charge is 2.29. The number of pyridine rings is 1. The van der Waals surface area contributed by atoms with Crippen LogP contribution < -0.4 is 20.7 Å². The summed E-state index contributed by atoms with van der Waals surface area (Å²) in [6.07, 6.45) is 1.83. The van der Waals surface area contributed by atoms with Crippen LogP contribution in [0.25, 0.3) is 0 Å². The van der Waals surface area contributed by atoms with Gasteiger partial charge in [0.05, 0.1) is 19.0 Å². The van der Waals surface area contributed by atoms with Gasteiger partial charge in [0, 0.05) is 12.5 Å². The van der Waals surface area contributed by atoms with E-state index >= 15 is 0 Å². The third kappa shape index (κ3) is 3.44. The minimum atomic E-state index is -0.651. The smallest absolute Gasteiger partial charge is 0.322 e. The molecule has 20 heavy (non-hydrogen) atoms. The first-order chi connectivity index (χ1) is 9.58. The minimum Gasteiger partial charge on any atom is -0.481 e. The topological polar surface area (TPSA) is 109 Å². The summed E-state index contributed by atoms with van der Waals surface area (Å²) in [5.41, 5.74) is 0.538. The van der Waals surface area contributed by atoms with Crippen molar-refractivity contribution in [2.75, 3.05) is 12.4 Å². The van der Waals surface area contributed by atoms with Crippen LogP contribution in [0.1, 0.15) is 12.8 Å². The van der Waals surface area contributed by atoms with Crippen molar-refractivity contribution in [3.63, 3.8) is 0 Å². The van der Waals surface area contributed by atoms with Gasteiger partial charge in [0.1, 0.15) is 6.04 Å². The molecule has 0 spiro atoms. The largest absolute Gasteiger partial charge is 0.481 e. The van der Waals surface area contributed by atoms with Crippen LogP contribution in [-0.2, 0) is 9.59 Å². The molecule has 1 saturated heterocycles. The van der Waals surface area contributed by atoms with Gasteiger partial charge in [-0.2, -0.15) is 0 Å². The van der Waals surface area contributed by atoms with Crippen molar-refractivity contribution < 1.29 is 19.1 Å². The summed E-state index contributed by atoms with van der Waals surface area (Å²) in [5.74, 6) is -0.215. The van der Waals surface area contributed by atoms with E-state index in [1.165, 1.54) is 13.3 Å². The Hall–Kier alpha value is -2.64. The van der Waals surface area contributed by atoms with Crippen LogP contribution in [0.15, 0.2) is 18.3 Å². The van der Waals surface area contributed by atoms with Crippen LogP contribution in [0.2, 0.25) is 0 Å². The fraction of sp³-hybridized carbons (Fsp3) is 0.333. The van der Waals surface area contributed by atoms with E-state index < -0.39 is 18.0 Å². The molecule has 0 aliphatic carbocycles. The lowest BCUT2D eigenvalue weighted by molar-refractivity contribution is -0.120. The van der Waals surface area contributed by atoms with Gasteiger partial charge in [-0.05, 0) is 12.5 Å². The molecule has 1 fully saturated rings. The normalized spacial score (nSPS) is 17.4. The quantitative estimate of drug-likeness (QED) is 0.658. The van der Waals surface area contributed by atoms with Gasteiger partial charge >= 0.3 is 6.03 Å². The predicted octanol–water partition coefficient (Wildman–Crippen LogP) is 0.0169. The van der Waals surface area contributed by atoms with Gasteiger partial charge in [-0.1, -0.05) is 0 Å². The summed E-state index contributed by atoms with van der Waals surface area (Å²) >= 11 is 0. The lowest BCUT2D eigenvalue weighted by Crippen LogP contribution is -2.30. The Morgan fingerprint density at radius 1 is 1.45 bits per heavy atom. The van der Waals surface area contributed by atoms with E-state index in [4.69, 9.17) is 4.74 Å². The maximum absolute atomic E-state index is 11.7. The molecule has 3 N–H and O–H groups in total. The second-order valence-corrected chi connectivity index (χ2v) is 4.19. The standard InChI is InChI=1S/C12H14N4O4/c1-20-10-5-2-7(6-13-10)14-9(17)4-3-8-11(18)16-12(19)15-8/h2,5-6,8H,3-4H2,1H3,(H,14,17)(H2,15,16,18,19). The van der Waals surface area contributed by atoms with Crippen LogP contribution in [0, 0.1) is 0 Å². The van der Waals surface area contributed by atoms with Crippen molar-refractivity contribution in [3.8, 4) is 5.88 Å². The predicted molar refractivity (Wildman–Crippen MR) is 69.1 cm³/mol. The van der Waals surface area contributed by atoms with Crippen molar-refractivity contribution in [1.29, 1.82) is 0 Å². The van der Waals surface area contributed by atoms with Crippen LogP contribution >= 0.6 is 0 Å². The van der Waals surface area contributed by atoms with Gasteiger partial charge in [-0.15, -0.1) is 0 Å². The number of imide groups is 1. The number of amides is 4. The Morgan fingerprint density at radius 3 is 2.80 bits per heavy atom. The molecule has 106 valence electrons. The number of hydrogen-bond donors (Lipinski definition) is 3. The molecule has 0 bridgehead atoms. The van der Waals surface area contributed by atoms with Crippen LogP contribution in [0.5, 0.6) is 5.88 Å². The number of nitrogens with one attached hydrogen (secondary N) is 3. The third-order valence-electron chi connectivity index (χ3n) is 2.75. The average Bonchev–Trinajstić information content (AvgIpc) is 2.75. The van der Waals surface area contributed by atoms with Gasteiger partial charge in [0.2, 0.25) is 11.8 Å². The molecule has 1 atom stereocenters. The molecule has 0 saturated carbocycles. The monoisotopic (exact) mass is 278 g/mol. The van der Waals surface area contributed by atoms with Crippen molar-refractivity contribution >= 4 is 23.5 Å². The van der Waals surface area contributed by atoms with Crippen LogP contribution in [0.4, 0.5) is 10.5 Å². The summed E-state index contributed by atoms with van der Waals surface area (Å²) in [6, 6.07) is 2.11. The minimum absolute atomic E-state index is 0.115. The highest BCUT2D eigenvalue weighted by atomic mass is 16.5. The lowest BCUT2D eigenvalue weighted by atomic mass is 10.1. The van der Waals surface area contributed by atoms with E-state index in [-0.39, 0.29) is 18.7 Å². The second kappa shape index (κ2) is 6.00. The molecule has 2 rings (SSSR count). The van der Waals surface area contributed by atoms with E-state index in [1.807, 2.05) is 0 Å². The number of urea groups is 1. The maximum Gasteiger partial charge on any atom is 0.322 e. The molecule has 1 aliphatic heterocycles. The number of anilines is 1. The Morgan fingerprint density at radius 2 is 2.25 bits per heavy atom. The van der Waals surface area contributed by atoms with E-state index in [0.29, 0.717) is 11.6 Å². The van der Waals surface area contributed by atoms with Crippen LogP contribution in [-0.4, -0.2) is 36.0 Å². The molecule has 1 aromatic rings. The summed E-state index contributed by atoms with van der Waals surface area (Å²) in [7, 11) is 1.50. The maximum atomic E-state index is 11.7. The fourth-order valence-corrected chi connectivity index (χ4v) is 1.74. The lowest BCUT2D eigenvalue weighted by Gasteiger charge is -2.08. The number of carbonyl (C=O) groups is 3. The van der Waals surface area contributed by atoms with Gasteiger partial charge < -0.3 is 15.4 Å². The van der Waals surface area contributed by atoms with Crippen molar-refractivity contribution in [2.45, 2.75) is 18.9 Å². The number of carbonyl (C=O) groups excluding carboxylic acids is 3. The highest BCUT2D eigenvalue weighted by Crippen LogP contribution is 2.12. The molecule has 8 nitrogen and oxygen atoms in total. The first-order valence-electron chi connectivity index (χ1n) is 6.00. The molecule has 8 heteroatoms. The summed E-state index contributed by atoms with van der Waals surface area (Å²) in [6.45, 7) is 0. The number of methoxy groups -OCH3 is 1. The number of aromatic nitrogens is 1. The van der Waals surface area contributed by atoms with Crippen molar-refractivity contribution in [1.82, 2.24) is 15.6 Å². The Balaban J connectivity index is 1.80. The average molecular weight is 278 g/mol. The molecule has 1 aromatic heterocycles. The van der Waals surface area contributed by atoms with Crippen molar-refractivity contribution in [3.05, 3.63) is 18.3 Å². The molecule has 2 heterocycles. The number of rotatable bonds is 5. The third-order valence-corrected chi connectivity index (χ3v) is 2.75. The van der Waals surface area contributed by atoms with E-state index in [2.05, 4.69) is 20.9 Å². The first kappa shape index (κ1) is 13.8. The van der Waals surface area contributed by atoms with E-state index in [9.17, 15) is 14.4 Å². The number of hydrogen-bond acceptors (Lipinski definition) is 5. The molecule has 1 unspecified atom stereocenters. The fourth-order valence-electron chi connectivity index (χ4n) is 1.74. The molecular weight excluding hydrogens is 264 g/mol. The Bertz CT molecular complexity index is 529. The van der Waals surface area contributed by atoms with Gasteiger partial charge in [0.15, 0.2) is 0 Å². The summed E-state index contributed by atoms with van der Waals surface area (Å²) in [4.78, 5) is 37.8. The summed E-state index contributed by atoms with van der Waals surface area (Å²) in [5, 5.41) is 7.18. The number of ether oxygens (including phenoxy) is 1. The van der Waals surface area contributed by atoms with E-state index in [1.54, 1.807) is 12.1 Å². The molecule has 1 aliphatic rings. The SMILES string of the molecule is COc1ccc(NC(=O)CCC2NC(=O)NC2=O)cn1. The van der Waals surface area contributed by atoms with Crippen molar-refractivity contribution in [2.24, 2.45) is 0 Å². The van der Waals surface area contributed by atoms with E-state index in [0.717, 1.165) is 0 Å². The molecule has 0 aromatic carbocycles. The van der Waals surface area contributed by atoms with Gasteiger partial charge in [0.25, 0.3) is 5.91 Å². The molecule has 0 radical (unpaired) electrons. The second-order valence-electron chi connectivity index (χ2n) is 4.19. The molecule has 4 amide bonds. The summed E-state index contributed by atoms with van der Waals surface area (Å²) < 4.78 is 4.90. The highest BCUT2D eigenvalue weighted by molar-refractivity contribution is 6.04. The Labute approximate surface area is 114 Å². The van der Waals surface area contributed by atoms with Gasteiger partial charge in [-0.25, -0.2) is 9.78 Å². The zero-order chi connectivity index (χ0) is 14.5. The van der Waals surface area contributed by atoms with Gasteiger partial charge in [-0.3, -0.25) is 14.9 Å². The Kier molecular flexibility index (Phi) is 4.14. The van der Waals surface area contributed by atoms with Crippen LogP contribution in [0.3, 0.4) is 0 Å². The number of nitrogens with zero attached hydrogens (tertiary/aromatic N) is 1. The zero-order valence-electron chi connectivity index (χ0n) is 10.8. The molecular formula is C12H14N4O4.